The summed E-state index contributed by atoms with van der Waals surface area (Å²) in [6.45, 7) is 7.18. The van der Waals surface area contributed by atoms with Crippen LogP contribution in [-0.2, 0) is 4.74 Å². The summed E-state index contributed by atoms with van der Waals surface area (Å²) >= 11 is 11.8. The number of carbonyl (C=O) groups excluding carboxylic acids is 1. The molecule has 0 spiro atoms. The Bertz CT molecular complexity index is 439. The van der Waals surface area contributed by atoms with Crippen LogP contribution in [0.5, 0.6) is 0 Å². The first-order valence-electron chi connectivity index (χ1n) is 5.15. The molecule has 0 unspecified atom stereocenters. The van der Waals surface area contributed by atoms with Gasteiger partial charge in [0.1, 0.15) is 5.60 Å². The smallest absolute Gasteiger partial charge is 0.412 e. The largest absolute Gasteiger partial charge is 0.444 e. The number of hydrogen-bond acceptors (Lipinski definition) is 2. The molecule has 0 aliphatic heterocycles. The third-order valence-corrected chi connectivity index (χ3v) is 2.87. The number of carbonyl (C=O) groups is 1. The van der Waals surface area contributed by atoms with Gasteiger partial charge in [0.15, 0.2) is 0 Å². The van der Waals surface area contributed by atoms with Crippen molar-refractivity contribution in [2.45, 2.75) is 33.3 Å². The Balaban J connectivity index is 2.83. The first-order chi connectivity index (χ1) is 7.70. The third-order valence-electron chi connectivity index (χ3n) is 1.97. The van der Waals surface area contributed by atoms with E-state index in [1.807, 2.05) is 0 Å². The van der Waals surface area contributed by atoms with Crippen LogP contribution in [0.15, 0.2) is 12.1 Å². The Morgan fingerprint density at radius 1 is 1.29 bits per heavy atom. The van der Waals surface area contributed by atoms with Crippen molar-refractivity contribution >= 4 is 35.0 Å². The highest BCUT2D eigenvalue weighted by Gasteiger charge is 2.17. The maximum absolute atomic E-state index is 11.6. The molecule has 94 valence electrons. The molecular weight excluding hydrogens is 261 g/mol. The van der Waals surface area contributed by atoms with Crippen molar-refractivity contribution in [3.8, 4) is 0 Å². The average Bonchev–Trinajstić information content (AvgIpc) is 2.16. The molecular formula is C12H15Cl2NO2. The van der Waals surface area contributed by atoms with Gasteiger partial charge in [-0.1, -0.05) is 23.2 Å². The van der Waals surface area contributed by atoms with Crippen LogP contribution < -0.4 is 5.32 Å². The number of halogens is 2. The first-order valence-corrected chi connectivity index (χ1v) is 5.91. The molecule has 0 saturated carbocycles. The number of rotatable bonds is 1. The van der Waals surface area contributed by atoms with Crippen LogP contribution in [0.2, 0.25) is 10.0 Å². The van der Waals surface area contributed by atoms with Crippen molar-refractivity contribution < 1.29 is 9.53 Å². The molecule has 3 nitrogen and oxygen atoms in total. The molecule has 1 aromatic rings. The van der Waals surface area contributed by atoms with E-state index in [1.165, 1.54) is 0 Å². The summed E-state index contributed by atoms with van der Waals surface area (Å²) in [5, 5.41) is 3.52. The van der Waals surface area contributed by atoms with E-state index in [0.29, 0.717) is 21.3 Å². The van der Waals surface area contributed by atoms with Crippen LogP contribution in [0.1, 0.15) is 26.3 Å². The number of anilines is 1. The second kappa shape index (κ2) is 5.15. The molecule has 0 aromatic heterocycles. The summed E-state index contributed by atoms with van der Waals surface area (Å²) in [7, 11) is 0. The van der Waals surface area contributed by atoms with Crippen LogP contribution in [0.3, 0.4) is 0 Å². The van der Waals surface area contributed by atoms with E-state index in [2.05, 4.69) is 5.32 Å². The van der Waals surface area contributed by atoms with Gasteiger partial charge in [0.2, 0.25) is 0 Å². The summed E-state index contributed by atoms with van der Waals surface area (Å²) in [4.78, 5) is 11.6. The predicted molar refractivity (Wildman–Crippen MR) is 71.1 cm³/mol. The van der Waals surface area contributed by atoms with Gasteiger partial charge in [-0.25, -0.2) is 4.79 Å². The van der Waals surface area contributed by atoms with Crippen molar-refractivity contribution in [2.24, 2.45) is 0 Å². The molecule has 0 atom stereocenters. The second-order valence-electron chi connectivity index (χ2n) is 4.66. The van der Waals surface area contributed by atoms with Gasteiger partial charge in [0, 0.05) is 5.69 Å². The number of nitrogens with one attached hydrogen (secondary N) is 1. The molecule has 0 aliphatic rings. The highest BCUT2D eigenvalue weighted by Crippen LogP contribution is 2.30. The number of ether oxygens (including phenoxy) is 1. The lowest BCUT2D eigenvalue weighted by Crippen LogP contribution is -2.27. The van der Waals surface area contributed by atoms with Crippen LogP contribution in [0, 0.1) is 6.92 Å². The van der Waals surface area contributed by atoms with Crippen LogP contribution in [0.4, 0.5) is 10.5 Å². The Hall–Kier alpha value is -0.930. The van der Waals surface area contributed by atoms with Gasteiger partial charge in [0.05, 0.1) is 10.0 Å². The van der Waals surface area contributed by atoms with Gasteiger partial charge >= 0.3 is 6.09 Å². The molecule has 0 radical (unpaired) electrons. The van der Waals surface area contributed by atoms with E-state index >= 15 is 0 Å². The van der Waals surface area contributed by atoms with Crippen LogP contribution >= 0.6 is 23.2 Å². The molecule has 1 aromatic carbocycles. The highest BCUT2D eigenvalue weighted by atomic mass is 35.5. The maximum Gasteiger partial charge on any atom is 0.412 e. The van der Waals surface area contributed by atoms with Gasteiger partial charge < -0.3 is 4.74 Å². The molecule has 1 rings (SSSR count). The molecule has 0 bridgehead atoms. The summed E-state index contributed by atoms with van der Waals surface area (Å²) in [6, 6.07) is 3.32. The molecule has 1 N–H and O–H groups in total. The van der Waals surface area contributed by atoms with E-state index in [0.717, 1.165) is 0 Å². The average molecular weight is 276 g/mol. The van der Waals surface area contributed by atoms with E-state index in [-0.39, 0.29) is 0 Å². The lowest BCUT2D eigenvalue weighted by atomic mass is 10.2. The summed E-state index contributed by atoms with van der Waals surface area (Å²) in [5.41, 5.74) is 0.771. The summed E-state index contributed by atoms with van der Waals surface area (Å²) in [5.74, 6) is 0. The van der Waals surface area contributed by atoms with Crippen molar-refractivity contribution in [2.75, 3.05) is 5.32 Å². The van der Waals surface area contributed by atoms with Crippen molar-refractivity contribution in [3.63, 3.8) is 0 Å². The quantitative estimate of drug-likeness (QED) is 0.810. The van der Waals surface area contributed by atoms with Crippen molar-refractivity contribution in [3.05, 3.63) is 27.7 Å². The maximum atomic E-state index is 11.6. The van der Waals surface area contributed by atoms with Gasteiger partial charge in [-0.15, -0.1) is 0 Å². The standard InChI is InChI=1S/C12H15Cl2NO2/c1-7-9(6-5-8(13)10(7)14)15-11(16)17-12(2,3)4/h5-6H,1-4H3,(H,15,16). The van der Waals surface area contributed by atoms with E-state index in [1.54, 1.807) is 39.8 Å². The zero-order valence-corrected chi connectivity index (χ0v) is 11.7. The third kappa shape index (κ3) is 4.10. The van der Waals surface area contributed by atoms with E-state index < -0.39 is 11.7 Å². The fourth-order valence-electron chi connectivity index (χ4n) is 1.20. The second-order valence-corrected chi connectivity index (χ2v) is 5.45. The lowest BCUT2D eigenvalue weighted by molar-refractivity contribution is 0.0636. The van der Waals surface area contributed by atoms with E-state index in [9.17, 15) is 4.79 Å². The fraction of sp³-hybridized carbons (Fsp3) is 0.417. The molecule has 5 heteroatoms. The molecule has 0 saturated heterocycles. The van der Waals surface area contributed by atoms with Crippen molar-refractivity contribution in [1.82, 2.24) is 0 Å². The fourth-order valence-corrected chi connectivity index (χ4v) is 1.57. The Morgan fingerprint density at radius 3 is 2.41 bits per heavy atom. The molecule has 1 amide bonds. The monoisotopic (exact) mass is 275 g/mol. The number of benzene rings is 1. The minimum absolute atomic E-state index is 0.431. The van der Waals surface area contributed by atoms with Crippen molar-refractivity contribution in [1.29, 1.82) is 0 Å². The number of hydrogen-bond donors (Lipinski definition) is 1. The van der Waals surface area contributed by atoms with Gasteiger partial charge in [-0.3, -0.25) is 5.32 Å². The highest BCUT2D eigenvalue weighted by molar-refractivity contribution is 6.42. The van der Waals surface area contributed by atoms with Gasteiger partial charge in [-0.05, 0) is 45.4 Å². The molecule has 0 aliphatic carbocycles. The molecule has 0 fully saturated rings. The summed E-state index contributed by atoms with van der Waals surface area (Å²) in [6.07, 6.45) is -0.515. The normalized spacial score (nSPS) is 11.2. The lowest BCUT2D eigenvalue weighted by Gasteiger charge is -2.20. The van der Waals surface area contributed by atoms with Gasteiger partial charge in [-0.2, -0.15) is 0 Å². The zero-order valence-electron chi connectivity index (χ0n) is 10.2. The minimum Gasteiger partial charge on any atom is -0.444 e. The first kappa shape index (κ1) is 14.1. The number of amides is 1. The Labute approximate surface area is 111 Å². The van der Waals surface area contributed by atoms with E-state index in [4.69, 9.17) is 27.9 Å². The molecule has 17 heavy (non-hydrogen) atoms. The SMILES string of the molecule is Cc1c(NC(=O)OC(C)(C)C)ccc(Cl)c1Cl. The van der Waals surface area contributed by atoms with Crippen LogP contribution in [0.25, 0.3) is 0 Å². The zero-order chi connectivity index (χ0) is 13.2. The van der Waals surface area contributed by atoms with Crippen LogP contribution in [-0.4, -0.2) is 11.7 Å². The molecule has 0 heterocycles. The van der Waals surface area contributed by atoms with Gasteiger partial charge in [0.25, 0.3) is 0 Å². The summed E-state index contributed by atoms with van der Waals surface area (Å²) < 4.78 is 5.14. The predicted octanol–water partition coefficient (Wildman–Crippen LogP) is 4.65. The minimum atomic E-state index is -0.534. The topological polar surface area (TPSA) is 38.3 Å². The Kier molecular flexibility index (Phi) is 4.28. The Morgan fingerprint density at radius 2 is 1.88 bits per heavy atom.